The molecule has 5 aliphatic rings. The Morgan fingerprint density at radius 1 is 0.867 bits per heavy atom. The number of hydrogen-bond donors (Lipinski definition) is 3. The highest BCUT2D eigenvalue weighted by Gasteiger charge is 2.31. The molecular weight excluding hydrogens is 778 g/mol. The van der Waals surface area contributed by atoms with Crippen LogP contribution < -0.4 is 31.1 Å². The Bertz CT molecular complexity index is 2400. The first kappa shape index (κ1) is 39.7. The van der Waals surface area contributed by atoms with Crippen LogP contribution in [0.15, 0.2) is 67.0 Å². The van der Waals surface area contributed by atoms with Gasteiger partial charge in [-0.1, -0.05) is 43.0 Å². The Morgan fingerprint density at radius 2 is 1.63 bits per heavy atom. The van der Waals surface area contributed by atoms with Crippen molar-refractivity contribution in [3.63, 3.8) is 0 Å². The molecule has 0 spiro atoms. The molecule has 4 aliphatic heterocycles. The first-order valence-corrected chi connectivity index (χ1v) is 21.7. The number of pyridine rings is 1. The predicted octanol–water partition coefficient (Wildman–Crippen LogP) is 6.01. The zero-order valence-corrected chi connectivity index (χ0v) is 34.8. The molecule has 10 rings (SSSR count). The number of nitrogens with zero attached hydrogens (tertiary/aromatic N) is 8. The highest BCUT2D eigenvalue weighted by molar-refractivity contribution is 6.31. The Hall–Kier alpha value is -5.73. The molecule has 60 heavy (non-hydrogen) atoms. The molecule has 5 aromatic rings. The fraction of sp³-hybridized carbons (Fsp3) is 0.422. The van der Waals surface area contributed by atoms with Gasteiger partial charge < -0.3 is 25.8 Å². The van der Waals surface area contributed by atoms with Crippen molar-refractivity contribution in [2.45, 2.75) is 57.3 Å². The average molecular weight is 830 g/mol. The lowest BCUT2D eigenvalue weighted by Crippen LogP contribution is -2.49. The molecule has 1 aliphatic carbocycles. The first-order chi connectivity index (χ1) is 29.2. The summed E-state index contributed by atoms with van der Waals surface area (Å²) in [6, 6.07) is 18.6. The number of nitrogens with two attached hydrogens (primary N) is 1. The number of piperazine rings is 1. The number of aromatic nitrogens is 4. The summed E-state index contributed by atoms with van der Waals surface area (Å²) in [5.41, 5.74) is 14.5. The van der Waals surface area contributed by atoms with Gasteiger partial charge in [-0.25, -0.2) is 9.50 Å². The van der Waals surface area contributed by atoms with Gasteiger partial charge >= 0.3 is 0 Å². The maximum absolute atomic E-state index is 12.6. The highest BCUT2D eigenvalue weighted by atomic mass is 35.5. The average Bonchev–Trinajstić information content (AvgIpc) is 3.99. The molecule has 3 amide bonds. The minimum absolute atomic E-state index is 0.216. The number of nitrogens with one attached hydrogen (secondary N) is 2. The van der Waals surface area contributed by atoms with E-state index < -0.39 is 5.91 Å². The Kier molecular flexibility index (Phi) is 11.3. The third-order valence-electron chi connectivity index (χ3n) is 12.5. The molecule has 3 aromatic heterocycles. The van der Waals surface area contributed by atoms with Crippen molar-refractivity contribution >= 4 is 63.5 Å². The van der Waals surface area contributed by atoms with Crippen LogP contribution in [0.2, 0.25) is 5.02 Å². The summed E-state index contributed by atoms with van der Waals surface area (Å²) in [5, 5.41) is 11.0. The van der Waals surface area contributed by atoms with Crippen molar-refractivity contribution in [3.05, 3.63) is 88.8 Å². The number of hydrogen-bond acceptors (Lipinski definition) is 11. The molecule has 7 heterocycles. The SMILES string of the molecule is C1CC1.CNc1cc(N2CCc3c(-c4ccc(N5CCN(CC6CCN(c7ccc(Cl)c(C8CCC(=O)NC8=O)c7)CC6)CC5)cn4)cccc32)nn2c(C(N)=O)cnc12. The largest absolute Gasteiger partial charge is 0.385 e. The van der Waals surface area contributed by atoms with Crippen LogP contribution in [-0.4, -0.2) is 102 Å². The summed E-state index contributed by atoms with van der Waals surface area (Å²) in [7, 11) is 1.82. The van der Waals surface area contributed by atoms with E-state index in [9.17, 15) is 14.4 Å². The molecule has 1 atom stereocenters. The second-order valence-corrected chi connectivity index (χ2v) is 16.9. The van der Waals surface area contributed by atoms with Gasteiger partial charge in [-0.3, -0.25) is 29.6 Å². The number of anilines is 5. The second-order valence-electron chi connectivity index (χ2n) is 16.5. The van der Waals surface area contributed by atoms with Crippen molar-refractivity contribution in [1.29, 1.82) is 0 Å². The maximum Gasteiger partial charge on any atom is 0.269 e. The van der Waals surface area contributed by atoms with Crippen molar-refractivity contribution in [1.82, 2.24) is 29.8 Å². The zero-order chi connectivity index (χ0) is 41.3. The quantitative estimate of drug-likeness (QED) is 0.150. The predicted molar refractivity (Wildman–Crippen MR) is 235 cm³/mol. The molecule has 2 aromatic carbocycles. The number of rotatable bonds is 9. The molecule has 0 bridgehead atoms. The molecule has 312 valence electrons. The lowest BCUT2D eigenvalue weighted by Gasteiger charge is -2.40. The molecule has 1 saturated carbocycles. The fourth-order valence-electron chi connectivity index (χ4n) is 9.00. The van der Waals surface area contributed by atoms with Gasteiger partial charge in [0.05, 0.1) is 35.4 Å². The summed E-state index contributed by atoms with van der Waals surface area (Å²) in [6.07, 6.45) is 11.9. The third-order valence-corrected chi connectivity index (χ3v) is 12.8. The number of fused-ring (bicyclic) bond motifs is 2. The number of benzene rings is 2. The van der Waals surface area contributed by atoms with Gasteiger partial charge in [-0.15, -0.1) is 5.10 Å². The number of imidazole rings is 1. The Balaban J connectivity index is 0.00000148. The van der Waals surface area contributed by atoms with E-state index in [0.29, 0.717) is 35.2 Å². The summed E-state index contributed by atoms with van der Waals surface area (Å²) in [5.74, 6) is -0.0959. The number of carbonyl (C=O) groups is 3. The van der Waals surface area contributed by atoms with Crippen LogP contribution in [0.25, 0.3) is 16.9 Å². The minimum Gasteiger partial charge on any atom is -0.385 e. The number of imide groups is 1. The molecule has 4 fully saturated rings. The summed E-state index contributed by atoms with van der Waals surface area (Å²) in [4.78, 5) is 55.3. The van der Waals surface area contributed by atoms with E-state index >= 15 is 0 Å². The zero-order valence-electron chi connectivity index (χ0n) is 34.1. The van der Waals surface area contributed by atoms with Gasteiger partial charge in [-0.05, 0) is 79.1 Å². The Labute approximate surface area is 355 Å². The number of halogens is 1. The minimum atomic E-state index is -0.580. The van der Waals surface area contributed by atoms with E-state index in [-0.39, 0.29) is 23.4 Å². The van der Waals surface area contributed by atoms with E-state index in [1.165, 1.54) is 35.5 Å². The van der Waals surface area contributed by atoms with Gasteiger partial charge in [0.1, 0.15) is 5.69 Å². The molecule has 4 N–H and O–H groups in total. The van der Waals surface area contributed by atoms with Crippen molar-refractivity contribution < 1.29 is 14.4 Å². The van der Waals surface area contributed by atoms with E-state index in [1.807, 2.05) is 31.4 Å². The molecule has 14 nitrogen and oxygen atoms in total. The molecule has 0 radical (unpaired) electrons. The smallest absolute Gasteiger partial charge is 0.269 e. The molecular formula is C45H52ClN11O3. The molecule has 3 saturated heterocycles. The van der Waals surface area contributed by atoms with Gasteiger partial charge in [0.25, 0.3) is 5.91 Å². The number of amides is 3. The standard InChI is InChI=1S/C42H46ClN11O3.C3H6/c1-45-35-22-38(49-54-37(40(44)56)24-47-41(35)54)53-16-13-30-29(3-2-4-36(30)53)34-9-6-28(23-46-34)52-19-17-50(18-20-52)25-26-11-14-51(15-12-26)27-5-8-33(43)32(21-27)31-7-10-39(55)48-42(31)57;1-2-3-1/h2-6,8-9,21-24,26,31,45H,7,10-20,25H2,1H3,(H2,44,56)(H,48,55,57);1-3H2. The first-order valence-electron chi connectivity index (χ1n) is 21.3. The van der Waals surface area contributed by atoms with Crippen LogP contribution in [0.3, 0.4) is 0 Å². The normalized spacial score (nSPS) is 19.5. The Morgan fingerprint density at radius 3 is 2.33 bits per heavy atom. The van der Waals surface area contributed by atoms with Crippen LogP contribution >= 0.6 is 11.6 Å². The van der Waals surface area contributed by atoms with Crippen LogP contribution in [0, 0.1) is 5.92 Å². The van der Waals surface area contributed by atoms with E-state index in [0.717, 1.165) is 111 Å². The molecule has 15 heteroatoms. The lowest BCUT2D eigenvalue weighted by atomic mass is 9.89. The van der Waals surface area contributed by atoms with Crippen molar-refractivity contribution in [2.24, 2.45) is 11.7 Å². The van der Waals surface area contributed by atoms with Gasteiger partial charge in [0, 0.05) is 93.9 Å². The van der Waals surface area contributed by atoms with Crippen LogP contribution in [0.5, 0.6) is 0 Å². The van der Waals surface area contributed by atoms with E-state index in [4.69, 9.17) is 27.4 Å². The summed E-state index contributed by atoms with van der Waals surface area (Å²) in [6.45, 7) is 7.74. The van der Waals surface area contributed by atoms with E-state index in [2.05, 4.69) is 71.6 Å². The monoisotopic (exact) mass is 829 g/mol. The molecule has 1 unspecified atom stereocenters. The van der Waals surface area contributed by atoms with Crippen LogP contribution in [0.1, 0.15) is 72.5 Å². The third kappa shape index (κ3) is 8.22. The van der Waals surface area contributed by atoms with Crippen molar-refractivity contribution in [2.75, 3.05) is 79.4 Å². The highest BCUT2D eigenvalue weighted by Crippen LogP contribution is 2.40. The van der Waals surface area contributed by atoms with Crippen molar-refractivity contribution in [3.8, 4) is 11.3 Å². The number of primary amides is 1. The van der Waals surface area contributed by atoms with Gasteiger partial charge in [0.15, 0.2) is 11.5 Å². The van der Waals surface area contributed by atoms with Gasteiger partial charge in [-0.2, -0.15) is 0 Å². The number of carbonyl (C=O) groups excluding carboxylic acids is 3. The van der Waals surface area contributed by atoms with Gasteiger partial charge in [0.2, 0.25) is 11.8 Å². The van der Waals surface area contributed by atoms with E-state index in [1.54, 1.807) is 0 Å². The number of piperidine rings is 2. The lowest BCUT2D eigenvalue weighted by molar-refractivity contribution is -0.134. The topological polar surface area (TPSA) is 157 Å². The van der Waals surface area contributed by atoms with Crippen LogP contribution in [-0.2, 0) is 16.0 Å². The van der Waals surface area contributed by atoms with Crippen LogP contribution in [0.4, 0.5) is 28.6 Å². The summed E-state index contributed by atoms with van der Waals surface area (Å²) < 4.78 is 1.52. The second kappa shape index (κ2) is 17.1. The fourth-order valence-corrected chi connectivity index (χ4v) is 9.25. The maximum atomic E-state index is 12.6. The summed E-state index contributed by atoms with van der Waals surface area (Å²) >= 11 is 6.54.